The first-order valence-corrected chi connectivity index (χ1v) is 12.0. The van der Waals surface area contributed by atoms with E-state index < -0.39 is 44.1 Å². The van der Waals surface area contributed by atoms with E-state index in [4.69, 9.17) is 11.6 Å². The molecule has 12 heteroatoms. The van der Waals surface area contributed by atoms with Gasteiger partial charge in [-0.2, -0.15) is 13.2 Å². The summed E-state index contributed by atoms with van der Waals surface area (Å²) in [6, 6.07) is 12.2. The van der Waals surface area contributed by atoms with Crippen LogP contribution in [0.5, 0.6) is 0 Å². The number of pyridine rings is 1. The van der Waals surface area contributed by atoms with Gasteiger partial charge in [0.05, 0.1) is 16.3 Å². The number of urea groups is 1. The summed E-state index contributed by atoms with van der Waals surface area (Å²) < 4.78 is 61.5. The molecule has 0 saturated carbocycles. The van der Waals surface area contributed by atoms with E-state index in [1.807, 2.05) is 6.07 Å². The predicted octanol–water partition coefficient (Wildman–Crippen LogP) is 4.92. The van der Waals surface area contributed by atoms with Gasteiger partial charge in [-0.3, -0.25) is 9.78 Å². The van der Waals surface area contributed by atoms with E-state index in [2.05, 4.69) is 10.3 Å². The lowest BCUT2D eigenvalue weighted by Gasteiger charge is -2.19. The van der Waals surface area contributed by atoms with E-state index in [0.717, 1.165) is 22.6 Å². The minimum Gasteiger partial charge on any atom is -0.325 e. The van der Waals surface area contributed by atoms with Crippen LogP contribution in [0.1, 0.15) is 18.4 Å². The first-order valence-electron chi connectivity index (χ1n) is 10.2. The summed E-state index contributed by atoms with van der Waals surface area (Å²) in [6.07, 6.45) is 1.57. The number of nitrogens with one attached hydrogen (secondary N) is 1. The minimum absolute atomic E-state index is 0.0577. The third kappa shape index (κ3) is 4.61. The lowest BCUT2D eigenvalue weighted by molar-refractivity contribution is -0.118. The van der Waals surface area contributed by atoms with Crippen molar-refractivity contribution >= 4 is 39.1 Å². The Bertz CT molecular complexity index is 1410. The molecule has 2 aromatic carbocycles. The van der Waals surface area contributed by atoms with Crippen molar-refractivity contribution in [3.63, 3.8) is 0 Å². The number of sulfone groups is 1. The molecule has 0 bridgehead atoms. The summed E-state index contributed by atoms with van der Waals surface area (Å²) in [5.74, 6) is -1.11. The van der Waals surface area contributed by atoms with E-state index >= 15 is 0 Å². The molecule has 0 spiro atoms. The SMILES string of the molecule is CC(c1ccnc(-c2cccc(Cl)c2)c1)C1NC(=O)N(c2ccc(S(=O)(=O)C(F)(F)F)cc2)C1=O. The molecule has 0 aliphatic carbocycles. The van der Waals surface area contributed by atoms with Crippen LogP contribution in [0.15, 0.2) is 71.8 Å². The fourth-order valence-corrected chi connectivity index (χ4v) is 4.67. The van der Waals surface area contributed by atoms with Gasteiger partial charge in [-0.25, -0.2) is 18.1 Å². The van der Waals surface area contributed by atoms with Crippen LogP contribution in [0.3, 0.4) is 0 Å². The van der Waals surface area contributed by atoms with Gasteiger partial charge < -0.3 is 5.32 Å². The summed E-state index contributed by atoms with van der Waals surface area (Å²) in [6.45, 7) is 1.74. The van der Waals surface area contributed by atoms with Gasteiger partial charge in [0.2, 0.25) is 0 Å². The third-order valence-electron chi connectivity index (χ3n) is 5.61. The van der Waals surface area contributed by atoms with Crippen molar-refractivity contribution in [2.24, 2.45) is 0 Å². The zero-order chi connectivity index (χ0) is 25.5. The topological polar surface area (TPSA) is 96.4 Å². The van der Waals surface area contributed by atoms with Crippen LogP contribution in [0.25, 0.3) is 11.3 Å². The smallest absolute Gasteiger partial charge is 0.325 e. The highest BCUT2D eigenvalue weighted by atomic mass is 35.5. The van der Waals surface area contributed by atoms with Crippen LogP contribution in [0.2, 0.25) is 5.02 Å². The Kier molecular flexibility index (Phi) is 6.32. The van der Waals surface area contributed by atoms with Crippen molar-refractivity contribution in [3.05, 3.63) is 77.4 Å². The zero-order valence-electron chi connectivity index (χ0n) is 18.0. The summed E-state index contributed by atoms with van der Waals surface area (Å²) in [4.78, 5) is 29.8. The fourth-order valence-electron chi connectivity index (χ4n) is 3.72. The number of halogens is 4. The van der Waals surface area contributed by atoms with Crippen LogP contribution in [0.4, 0.5) is 23.7 Å². The van der Waals surface area contributed by atoms with Crippen LogP contribution in [0, 0.1) is 0 Å². The maximum atomic E-state index is 13.1. The maximum absolute atomic E-state index is 13.1. The second-order valence-electron chi connectivity index (χ2n) is 7.82. The van der Waals surface area contributed by atoms with E-state index in [-0.39, 0.29) is 5.69 Å². The molecule has 0 radical (unpaired) electrons. The standard InChI is InChI=1S/C23H17ClF3N3O4S/c1-13(14-9-10-28-19(12-14)15-3-2-4-16(24)11-15)20-21(31)30(22(32)29-20)17-5-7-18(8-6-17)35(33,34)23(25,26)27/h2-13,20H,1H3,(H,29,32). The van der Waals surface area contributed by atoms with Gasteiger partial charge >= 0.3 is 11.5 Å². The monoisotopic (exact) mass is 523 g/mol. The molecule has 1 aromatic heterocycles. The molecule has 2 heterocycles. The molecule has 2 unspecified atom stereocenters. The molecule has 4 rings (SSSR count). The van der Waals surface area contributed by atoms with Crippen molar-refractivity contribution in [2.45, 2.75) is 29.3 Å². The summed E-state index contributed by atoms with van der Waals surface area (Å²) in [5.41, 5.74) is -3.43. The first-order chi connectivity index (χ1) is 16.4. The van der Waals surface area contributed by atoms with Gasteiger partial charge in [0.25, 0.3) is 15.7 Å². The summed E-state index contributed by atoms with van der Waals surface area (Å²) in [5, 5.41) is 3.12. The highest BCUT2D eigenvalue weighted by Crippen LogP contribution is 2.33. The van der Waals surface area contributed by atoms with Gasteiger partial charge in [-0.15, -0.1) is 0 Å². The van der Waals surface area contributed by atoms with Gasteiger partial charge in [0.15, 0.2) is 0 Å². The number of alkyl halides is 3. The Labute approximate surface area is 203 Å². The highest BCUT2D eigenvalue weighted by Gasteiger charge is 2.47. The molecular weight excluding hydrogens is 507 g/mol. The largest absolute Gasteiger partial charge is 0.501 e. The molecule has 3 amide bonds. The Morgan fingerprint density at radius 2 is 1.74 bits per heavy atom. The normalized spacial score (nSPS) is 17.4. The average molecular weight is 524 g/mol. The molecule has 2 atom stereocenters. The van der Waals surface area contributed by atoms with Crippen molar-refractivity contribution < 1.29 is 31.2 Å². The predicted molar refractivity (Wildman–Crippen MR) is 123 cm³/mol. The first kappa shape index (κ1) is 24.7. The summed E-state index contributed by atoms with van der Waals surface area (Å²) >= 11 is 6.05. The number of amides is 3. The molecule has 1 fully saturated rings. The van der Waals surface area contributed by atoms with Crippen molar-refractivity contribution in [2.75, 3.05) is 4.90 Å². The molecule has 1 aliphatic rings. The number of hydrogen-bond donors (Lipinski definition) is 1. The number of hydrogen-bond acceptors (Lipinski definition) is 5. The second kappa shape index (κ2) is 8.97. The van der Waals surface area contributed by atoms with E-state index in [1.165, 1.54) is 0 Å². The van der Waals surface area contributed by atoms with Crippen LogP contribution in [-0.4, -0.2) is 36.9 Å². The quantitative estimate of drug-likeness (QED) is 0.479. The molecule has 1 N–H and O–H groups in total. The van der Waals surface area contributed by atoms with E-state index in [1.54, 1.807) is 43.5 Å². The highest BCUT2D eigenvalue weighted by molar-refractivity contribution is 7.92. The zero-order valence-corrected chi connectivity index (χ0v) is 19.5. The number of carbonyl (C=O) groups excluding carboxylic acids is 2. The number of anilines is 1. The Balaban J connectivity index is 1.58. The molecule has 1 saturated heterocycles. The molecule has 35 heavy (non-hydrogen) atoms. The molecule has 1 aliphatic heterocycles. The molecule has 7 nitrogen and oxygen atoms in total. The number of aromatic nitrogens is 1. The maximum Gasteiger partial charge on any atom is 0.501 e. The second-order valence-corrected chi connectivity index (χ2v) is 10.2. The lowest BCUT2D eigenvalue weighted by Crippen LogP contribution is -2.35. The van der Waals surface area contributed by atoms with Crippen LogP contribution >= 0.6 is 11.6 Å². The Morgan fingerprint density at radius 1 is 1.06 bits per heavy atom. The lowest BCUT2D eigenvalue weighted by atomic mass is 9.92. The molecule has 182 valence electrons. The van der Waals surface area contributed by atoms with Gasteiger partial charge in [-0.1, -0.05) is 30.7 Å². The van der Waals surface area contributed by atoms with Crippen molar-refractivity contribution in [3.8, 4) is 11.3 Å². The van der Waals surface area contributed by atoms with Crippen molar-refractivity contribution in [1.82, 2.24) is 10.3 Å². The Hall–Kier alpha value is -3.44. The number of rotatable bonds is 5. The number of imide groups is 1. The van der Waals surface area contributed by atoms with E-state index in [0.29, 0.717) is 28.4 Å². The molecule has 3 aromatic rings. The van der Waals surface area contributed by atoms with E-state index in [9.17, 15) is 31.2 Å². The fraction of sp³-hybridized carbons (Fsp3) is 0.174. The van der Waals surface area contributed by atoms with Crippen molar-refractivity contribution in [1.29, 1.82) is 0 Å². The van der Waals surface area contributed by atoms with Gasteiger partial charge in [0.1, 0.15) is 6.04 Å². The number of nitrogens with zero attached hydrogens (tertiary/aromatic N) is 2. The average Bonchev–Trinajstić information content (AvgIpc) is 3.11. The number of carbonyl (C=O) groups is 2. The Morgan fingerprint density at radius 3 is 2.37 bits per heavy atom. The summed E-state index contributed by atoms with van der Waals surface area (Å²) in [7, 11) is -5.55. The third-order valence-corrected chi connectivity index (χ3v) is 7.35. The minimum atomic E-state index is -5.55. The van der Waals surface area contributed by atoms with Crippen LogP contribution in [-0.2, 0) is 14.6 Å². The van der Waals surface area contributed by atoms with Gasteiger partial charge in [-0.05, 0) is 54.1 Å². The van der Waals surface area contributed by atoms with Gasteiger partial charge in [0, 0.05) is 22.7 Å². The van der Waals surface area contributed by atoms with Crippen LogP contribution < -0.4 is 10.2 Å². The molecular formula is C23H17ClF3N3O4S. The number of benzene rings is 2.